The average Bonchev–Trinajstić information content (AvgIpc) is 3.54. The molecule has 7 N–H and O–H groups in total. The molecule has 3 aliphatic rings. The van der Waals surface area contributed by atoms with Gasteiger partial charge in [-0.2, -0.15) is 9.50 Å². The molecule has 180 valence electrons. The van der Waals surface area contributed by atoms with E-state index >= 15 is 0 Å². The Morgan fingerprint density at radius 3 is 2.71 bits per heavy atom. The third-order valence-electron chi connectivity index (χ3n) is 6.50. The van der Waals surface area contributed by atoms with E-state index in [1.807, 2.05) is 6.07 Å². The summed E-state index contributed by atoms with van der Waals surface area (Å²) in [7, 11) is 0. The minimum absolute atomic E-state index is 0.363. The number of nitrogens with two attached hydrogens (primary N) is 2. The Hall–Kier alpha value is -3.02. The Balaban J connectivity index is 1.28. The third-order valence-corrected chi connectivity index (χ3v) is 6.90. The largest absolute Gasteiger partial charge is 0.399 e. The van der Waals surface area contributed by atoms with E-state index in [2.05, 4.69) is 35.9 Å². The van der Waals surface area contributed by atoms with Crippen LogP contribution in [0.4, 0.5) is 34.6 Å². The number of hydrogen-bond donors (Lipinski definition) is 5. The predicted molar refractivity (Wildman–Crippen MR) is 134 cm³/mol. The van der Waals surface area contributed by atoms with Gasteiger partial charge in [0.2, 0.25) is 5.95 Å². The quantitative estimate of drug-likeness (QED) is 0.316. The molecular formula is C22H29ClN10O. The van der Waals surface area contributed by atoms with Crippen molar-refractivity contribution in [2.24, 2.45) is 0 Å². The second-order valence-electron chi connectivity index (χ2n) is 9.33. The highest BCUT2D eigenvalue weighted by atomic mass is 35.5. The summed E-state index contributed by atoms with van der Waals surface area (Å²) in [6, 6.07) is 4.97. The Morgan fingerprint density at radius 2 is 1.94 bits per heavy atom. The first-order chi connectivity index (χ1) is 16.5. The summed E-state index contributed by atoms with van der Waals surface area (Å²) in [4.78, 5) is 11.3. The minimum atomic E-state index is 0.363. The molecule has 12 heteroatoms. The lowest BCUT2D eigenvalue weighted by molar-refractivity contribution is -0.0106. The first-order valence-electron chi connectivity index (χ1n) is 11.8. The lowest BCUT2D eigenvalue weighted by Gasteiger charge is -2.39. The van der Waals surface area contributed by atoms with E-state index in [-0.39, 0.29) is 0 Å². The van der Waals surface area contributed by atoms with Gasteiger partial charge in [0.1, 0.15) is 5.82 Å². The second-order valence-corrected chi connectivity index (χ2v) is 9.71. The zero-order valence-corrected chi connectivity index (χ0v) is 19.6. The van der Waals surface area contributed by atoms with Gasteiger partial charge in [-0.3, -0.25) is 0 Å². The number of rotatable bonds is 7. The summed E-state index contributed by atoms with van der Waals surface area (Å²) >= 11 is 6.90. The molecule has 2 saturated heterocycles. The fraction of sp³-hybridized carbons (Fsp3) is 0.500. The Bertz CT molecular complexity index is 1210. The fourth-order valence-corrected chi connectivity index (χ4v) is 4.81. The molecule has 0 spiro atoms. The highest BCUT2D eigenvalue weighted by Gasteiger charge is 2.28. The van der Waals surface area contributed by atoms with E-state index in [1.165, 1.54) is 0 Å². The van der Waals surface area contributed by atoms with Gasteiger partial charge in [0.15, 0.2) is 11.5 Å². The number of anilines is 6. The maximum Gasteiger partial charge on any atom is 0.247 e. The number of piperidine rings is 1. The smallest absolute Gasteiger partial charge is 0.247 e. The van der Waals surface area contributed by atoms with E-state index < -0.39 is 0 Å². The van der Waals surface area contributed by atoms with Crippen LogP contribution < -0.4 is 32.3 Å². The molecule has 3 aromatic rings. The van der Waals surface area contributed by atoms with E-state index in [0.717, 1.165) is 57.7 Å². The van der Waals surface area contributed by atoms with Crippen molar-refractivity contribution in [2.75, 3.05) is 53.3 Å². The van der Waals surface area contributed by atoms with Gasteiger partial charge in [0, 0.05) is 30.9 Å². The summed E-state index contributed by atoms with van der Waals surface area (Å²) in [6.45, 7) is 3.36. The van der Waals surface area contributed by atoms with E-state index in [1.54, 1.807) is 16.8 Å². The Kier molecular flexibility index (Phi) is 5.47. The molecule has 2 aromatic heterocycles. The molecule has 1 atom stereocenters. The average molecular weight is 485 g/mol. The van der Waals surface area contributed by atoms with Gasteiger partial charge in [-0.25, -0.2) is 4.98 Å². The number of benzene rings is 1. The zero-order valence-electron chi connectivity index (χ0n) is 18.8. The van der Waals surface area contributed by atoms with Crippen LogP contribution in [-0.2, 0) is 4.74 Å². The summed E-state index contributed by atoms with van der Waals surface area (Å²) in [5.41, 5.74) is 15.1. The zero-order chi connectivity index (χ0) is 23.2. The van der Waals surface area contributed by atoms with Crippen molar-refractivity contribution in [2.45, 2.75) is 43.8 Å². The number of halogens is 1. The van der Waals surface area contributed by atoms with Gasteiger partial charge in [-0.05, 0) is 37.8 Å². The molecule has 34 heavy (non-hydrogen) atoms. The SMILES string of the molecule is Nc1cc(Nc2nc(NC3CC3)c3ncc(N)n3n2)c(Cl)c(N2CCC[C@@H](NC3COC3)C2)c1. The molecule has 4 heterocycles. The Morgan fingerprint density at radius 1 is 1.09 bits per heavy atom. The summed E-state index contributed by atoms with van der Waals surface area (Å²) in [6.07, 6.45) is 6.01. The van der Waals surface area contributed by atoms with Crippen LogP contribution in [0.25, 0.3) is 5.65 Å². The molecule has 0 radical (unpaired) electrons. The van der Waals surface area contributed by atoms with Crippen molar-refractivity contribution < 1.29 is 4.74 Å². The van der Waals surface area contributed by atoms with Crippen LogP contribution in [0, 0.1) is 0 Å². The monoisotopic (exact) mass is 484 g/mol. The van der Waals surface area contributed by atoms with Gasteiger partial charge in [-0.15, -0.1) is 5.10 Å². The van der Waals surface area contributed by atoms with E-state index in [9.17, 15) is 0 Å². The van der Waals surface area contributed by atoms with Gasteiger partial charge in [0.25, 0.3) is 0 Å². The number of aromatic nitrogens is 4. The molecule has 0 bridgehead atoms. The molecule has 0 unspecified atom stereocenters. The minimum Gasteiger partial charge on any atom is -0.399 e. The molecule has 11 nitrogen and oxygen atoms in total. The fourth-order valence-electron chi connectivity index (χ4n) is 4.54. The standard InChI is InChI=1S/C22H29ClN10O/c23-19-16(29-22-30-20(28-13-3-4-13)21-26-8-18(25)33(21)31-22)6-12(24)7-17(19)32-5-1-2-14(9-32)27-15-10-34-11-15/h6-8,13-15,27H,1-5,9-11,24-25H2,(H2,28,29,30,31)/t14-/m1/s1. The molecule has 1 aliphatic carbocycles. The molecule has 6 rings (SSSR count). The number of nitrogens with one attached hydrogen (secondary N) is 3. The van der Waals surface area contributed by atoms with Crippen molar-refractivity contribution in [3.63, 3.8) is 0 Å². The maximum atomic E-state index is 6.90. The van der Waals surface area contributed by atoms with Crippen molar-refractivity contribution in [3.8, 4) is 0 Å². The first kappa shape index (κ1) is 21.5. The normalized spacial score (nSPS) is 21.0. The number of hydrogen-bond acceptors (Lipinski definition) is 10. The topological polar surface area (TPSA) is 144 Å². The maximum absolute atomic E-state index is 6.90. The van der Waals surface area contributed by atoms with Crippen molar-refractivity contribution in [1.29, 1.82) is 0 Å². The number of imidazole rings is 1. The first-order valence-corrected chi connectivity index (χ1v) is 12.1. The van der Waals surface area contributed by atoms with Gasteiger partial charge in [0.05, 0.1) is 41.8 Å². The van der Waals surface area contributed by atoms with Crippen LogP contribution in [0.5, 0.6) is 0 Å². The number of nitrogen functional groups attached to an aromatic ring is 2. The van der Waals surface area contributed by atoms with Crippen LogP contribution in [0.2, 0.25) is 5.02 Å². The highest BCUT2D eigenvalue weighted by molar-refractivity contribution is 6.36. The molecule has 2 aliphatic heterocycles. The summed E-state index contributed by atoms with van der Waals surface area (Å²) in [5, 5.41) is 15.5. The second kappa shape index (κ2) is 8.64. The molecule has 3 fully saturated rings. The van der Waals surface area contributed by atoms with Crippen molar-refractivity contribution >= 4 is 51.9 Å². The summed E-state index contributed by atoms with van der Waals surface area (Å²) < 4.78 is 6.88. The molecular weight excluding hydrogens is 456 g/mol. The summed E-state index contributed by atoms with van der Waals surface area (Å²) in [5.74, 6) is 1.44. The number of ether oxygens (including phenoxy) is 1. The van der Waals surface area contributed by atoms with Crippen molar-refractivity contribution in [3.05, 3.63) is 23.4 Å². The van der Waals surface area contributed by atoms with Crippen LogP contribution in [-0.4, -0.2) is 64.0 Å². The lowest BCUT2D eigenvalue weighted by atomic mass is 10.0. The van der Waals surface area contributed by atoms with Gasteiger partial charge < -0.3 is 37.1 Å². The molecule has 0 amide bonds. The van der Waals surface area contributed by atoms with E-state index in [4.69, 9.17) is 27.8 Å². The van der Waals surface area contributed by atoms with Crippen LogP contribution in [0.15, 0.2) is 18.3 Å². The van der Waals surface area contributed by atoms with Crippen LogP contribution in [0.1, 0.15) is 25.7 Å². The number of nitrogens with zero attached hydrogens (tertiary/aromatic N) is 5. The highest BCUT2D eigenvalue weighted by Crippen LogP contribution is 2.38. The van der Waals surface area contributed by atoms with Crippen molar-refractivity contribution in [1.82, 2.24) is 24.9 Å². The predicted octanol–water partition coefficient (Wildman–Crippen LogP) is 2.22. The van der Waals surface area contributed by atoms with Gasteiger partial charge >= 0.3 is 0 Å². The number of fused-ring (bicyclic) bond motifs is 1. The third kappa shape index (κ3) is 4.26. The lowest BCUT2D eigenvalue weighted by Crippen LogP contribution is -2.55. The Labute approximate surface area is 202 Å². The van der Waals surface area contributed by atoms with Crippen LogP contribution >= 0.6 is 11.6 Å². The van der Waals surface area contributed by atoms with Gasteiger partial charge in [-0.1, -0.05) is 11.6 Å². The van der Waals surface area contributed by atoms with Crippen LogP contribution in [0.3, 0.4) is 0 Å². The van der Waals surface area contributed by atoms with E-state index in [0.29, 0.717) is 57.8 Å². The molecule has 1 aromatic carbocycles. The molecule has 1 saturated carbocycles.